The van der Waals surface area contributed by atoms with Crippen molar-refractivity contribution >= 4 is 29.4 Å². The lowest BCUT2D eigenvalue weighted by Crippen LogP contribution is -2.43. The van der Waals surface area contributed by atoms with E-state index in [0.29, 0.717) is 44.3 Å². The van der Waals surface area contributed by atoms with Crippen molar-refractivity contribution in [2.24, 2.45) is 5.73 Å². The zero-order chi connectivity index (χ0) is 21.9. The highest BCUT2D eigenvalue weighted by Crippen LogP contribution is 2.24. The molecule has 2 aliphatic rings. The summed E-state index contributed by atoms with van der Waals surface area (Å²) in [7, 11) is 0. The monoisotopic (exact) mass is 437 g/mol. The molecule has 2 amide bonds. The van der Waals surface area contributed by atoms with Crippen LogP contribution >= 0.6 is 11.6 Å². The first-order chi connectivity index (χ1) is 14.4. The number of carboxylic acid groups (broad SMARTS) is 1. The molecule has 0 spiro atoms. The minimum Gasteiger partial charge on any atom is -0.494 e. The minimum atomic E-state index is -1.09. The van der Waals surface area contributed by atoms with Crippen molar-refractivity contribution in [3.8, 4) is 0 Å². The van der Waals surface area contributed by atoms with E-state index in [4.69, 9.17) is 22.1 Å². The highest BCUT2D eigenvalue weighted by atomic mass is 35.5. The second kappa shape index (κ2) is 12.2. The van der Waals surface area contributed by atoms with Gasteiger partial charge in [0.1, 0.15) is 12.1 Å². The van der Waals surface area contributed by atoms with Crippen molar-refractivity contribution in [1.82, 2.24) is 10.6 Å². The maximum atomic E-state index is 12.5. The smallest absolute Gasteiger partial charge is 0.326 e. The lowest BCUT2D eigenvalue weighted by Gasteiger charge is -2.22. The number of halogens is 1. The molecule has 5 N–H and O–H groups in total. The molecule has 0 aromatic heterocycles. The van der Waals surface area contributed by atoms with Gasteiger partial charge in [0.05, 0.1) is 11.6 Å². The van der Waals surface area contributed by atoms with E-state index >= 15 is 0 Å². The SMILES string of the molecule is NCCCC[C@H](NC(=O)C1=CC=C(CNC(=O)/C=C/C2CC=CO2)CC1Cl)C(=O)O. The van der Waals surface area contributed by atoms with Crippen LogP contribution in [-0.2, 0) is 19.1 Å². The predicted molar refractivity (Wildman–Crippen MR) is 114 cm³/mol. The average molecular weight is 438 g/mol. The first-order valence-corrected chi connectivity index (χ1v) is 10.4. The molecule has 9 heteroatoms. The Bertz CT molecular complexity index is 752. The van der Waals surface area contributed by atoms with Gasteiger partial charge in [-0.1, -0.05) is 12.2 Å². The predicted octanol–water partition coefficient (Wildman–Crippen LogP) is 1.52. The van der Waals surface area contributed by atoms with Gasteiger partial charge >= 0.3 is 5.97 Å². The van der Waals surface area contributed by atoms with Crippen LogP contribution in [0.3, 0.4) is 0 Å². The van der Waals surface area contributed by atoms with Crippen molar-refractivity contribution in [1.29, 1.82) is 0 Å². The Labute approximate surface area is 180 Å². The third-order valence-electron chi connectivity index (χ3n) is 4.76. The molecule has 0 aromatic rings. The van der Waals surface area contributed by atoms with Gasteiger partial charge in [-0.25, -0.2) is 4.79 Å². The number of hydrogen-bond donors (Lipinski definition) is 4. The van der Waals surface area contributed by atoms with E-state index in [9.17, 15) is 19.5 Å². The zero-order valence-corrected chi connectivity index (χ0v) is 17.4. The molecule has 8 nitrogen and oxygen atoms in total. The van der Waals surface area contributed by atoms with Crippen molar-refractivity contribution < 1.29 is 24.2 Å². The number of rotatable bonds is 11. The van der Waals surface area contributed by atoms with Gasteiger partial charge in [0.25, 0.3) is 0 Å². The van der Waals surface area contributed by atoms with Crippen LogP contribution in [0.5, 0.6) is 0 Å². The number of carbonyl (C=O) groups is 3. The number of nitrogens with one attached hydrogen (secondary N) is 2. The van der Waals surface area contributed by atoms with Gasteiger partial charge in [-0.15, -0.1) is 11.6 Å². The van der Waals surface area contributed by atoms with E-state index in [1.807, 2.05) is 6.08 Å². The molecule has 0 saturated carbocycles. The van der Waals surface area contributed by atoms with Crippen LogP contribution in [0.2, 0.25) is 0 Å². The number of alkyl halides is 1. The summed E-state index contributed by atoms with van der Waals surface area (Å²) in [5, 5.41) is 14.0. The Hall–Kier alpha value is -2.58. The normalized spacial score (nSPS) is 21.5. The molecule has 1 aliphatic heterocycles. The second-order valence-electron chi connectivity index (χ2n) is 7.13. The van der Waals surface area contributed by atoms with Crippen LogP contribution in [0.15, 0.2) is 47.8 Å². The molecule has 2 unspecified atom stereocenters. The largest absolute Gasteiger partial charge is 0.494 e. The zero-order valence-electron chi connectivity index (χ0n) is 16.7. The molecule has 0 fully saturated rings. The summed E-state index contributed by atoms with van der Waals surface area (Å²) in [6.07, 6.45) is 12.6. The molecule has 30 heavy (non-hydrogen) atoms. The fraction of sp³-hybridized carbons (Fsp3) is 0.476. The molecule has 0 bridgehead atoms. The molecule has 1 aliphatic carbocycles. The van der Waals surface area contributed by atoms with E-state index < -0.39 is 23.3 Å². The van der Waals surface area contributed by atoms with Crippen LogP contribution < -0.4 is 16.4 Å². The number of carboxylic acids is 1. The van der Waals surface area contributed by atoms with E-state index in [1.54, 1.807) is 24.5 Å². The number of allylic oxidation sites excluding steroid dienone is 2. The van der Waals surface area contributed by atoms with Crippen molar-refractivity contribution in [3.05, 3.63) is 47.8 Å². The summed E-state index contributed by atoms with van der Waals surface area (Å²) in [6, 6.07) is -0.982. The van der Waals surface area contributed by atoms with Gasteiger partial charge in [0, 0.05) is 24.6 Å². The van der Waals surface area contributed by atoms with Gasteiger partial charge < -0.3 is 26.2 Å². The van der Waals surface area contributed by atoms with Gasteiger partial charge in [-0.2, -0.15) is 0 Å². The van der Waals surface area contributed by atoms with Crippen LogP contribution in [0, 0.1) is 0 Å². The molecule has 0 radical (unpaired) electrons. The van der Waals surface area contributed by atoms with Crippen molar-refractivity contribution in [2.75, 3.05) is 13.1 Å². The summed E-state index contributed by atoms with van der Waals surface area (Å²) < 4.78 is 5.25. The third-order valence-corrected chi connectivity index (χ3v) is 5.15. The van der Waals surface area contributed by atoms with Gasteiger partial charge in [-0.05, 0) is 50.0 Å². The first-order valence-electron chi connectivity index (χ1n) is 9.94. The third kappa shape index (κ3) is 7.68. The average Bonchev–Trinajstić information content (AvgIpc) is 3.23. The Balaban J connectivity index is 1.85. The Kier molecular flexibility index (Phi) is 9.63. The molecule has 1 heterocycles. The highest BCUT2D eigenvalue weighted by Gasteiger charge is 2.26. The van der Waals surface area contributed by atoms with Gasteiger partial charge in [0.15, 0.2) is 0 Å². The van der Waals surface area contributed by atoms with E-state index in [2.05, 4.69) is 10.6 Å². The first kappa shape index (κ1) is 23.7. The summed E-state index contributed by atoms with van der Waals surface area (Å²) >= 11 is 6.34. The molecule has 2 rings (SSSR count). The lowest BCUT2D eigenvalue weighted by molar-refractivity contribution is -0.141. The van der Waals surface area contributed by atoms with E-state index in [1.165, 1.54) is 6.08 Å². The van der Waals surface area contributed by atoms with Crippen LogP contribution in [-0.4, -0.2) is 53.5 Å². The number of carbonyl (C=O) groups excluding carboxylic acids is 2. The number of amides is 2. The highest BCUT2D eigenvalue weighted by molar-refractivity contribution is 6.26. The summed E-state index contributed by atoms with van der Waals surface area (Å²) in [4.78, 5) is 35.7. The Morgan fingerprint density at radius 3 is 2.77 bits per heavy atom. The lowest BCUT2D eigenvalue weighted by atomic mass is 9.96. The van der Waals surface area contributed by atoms with E-state index in [-0.39, 0.29) is 12.0 Å². The fourth-order valence-corrected chi connectivity index (χ4v) is 3.41. The number of hydrogen-bond acceptors (Lipinski definition) is 5. The number of nitrogens with two attached hydrogens (primary N) is 1. The van der Waals surface area contributed by atoms with Gasteiger partial charge in [-0.3, -0.25) is 9.59 Å². The maximum Gasteiger partial charge on any atom is 0.326 e. The molecular weight excluding hydrogens is 410 g/mol. The topological polar surface area (TPSA) is 131 Å². The van der Waals surface area contributed by atoms with Crippen LogP contribution in [0.4, 0.5) is 0 Å². The van der Waals surface area contributed by atoms with E-state index in [0.717, 1.165) is 12.0 Å². The van der Waals surface area contributed by atoms with Crippen molar-refractivity contribution in [2.45, 2.75) is 49.6 Å². The maximum absolute atomic E-state index is 12.5. The van der Waals surface area contributed by atoms with Gasteiger partial charge in [0.2, 0.25) is 11.8 Å². The summed E-state index contributed by atoms with van der Waals surface area (Å²) in [5.74, 6) is -1.83. The summed E-state index contributed by atoms with van der Waals surface area (Å²) in [5.41, 5.74) is 6.60. The number of ether oxygens (including phenoxy) is 1. The minimum absolute atomic E-state index is 0.106. The summed E-state index contributed by atoms with van der Waals surface area (Å²) in [6.45, 7) is 0.777. The molecular formula is C21H28ClN3O5. The quantitative estimate of drug-likeness (QED) is 0.220. The number of unbranched alkanes of at least 4 members (excludes halogenated alkanes) is 1. The Morgan fingerprint density at radius 2 is 2.13 bits per heavy atom. The number of aliphatic carboxylic acids is 1. The fourth-order valence-electron chi connectivity index (χ4n) is 3.04. The van der Waals surface area contributed by atoms with Crippen LogP contribution in [0.25, 0.3) is 0 Å². The second-order valence-corrected chi connectivity index (χ2v) is 7.65. The molecule has 3 atom stereocenters. The molecule has 164 valence electrons. The standard InChI is InChI=1S/C21H28ClN3O5/c22-17-12-14(13-24-19(26)9-7-15-4-3-11-30-15)6-8-16(17)20(27)25-18(21(28)29)5-1-2-10-23/h3,6-9,11,15,17-18H,1-2,4-5,10,12-13,23H2,(H,24,26)(H,25,27)(H,28,29)/b9-7+/t15?,17?,18-/m0/s1. The molecule has 0 saturated heterocycles. The molecule has 0 aromatic carbocycles. The van der Waals surface area contributed by atoms with Crippen molar-refractivity contribution in [3.63, 3.8) is 0 Å². The van der Waals surface area contributed by atoms with Crippen LogP contribution in [0.1, 0.15) is 32.1 Å². The Morgan fingerprint density at radius 1 is 1.33 bits per heavy atom.